The van der Waals surface area contributed by atoms with E-state index in [9.17, 15) is 26.7 Å². The predicted octanol–water partition coefficient (Wildman–Crippen LogP) is 6.61. The Bertz CT molecular complexity index is 1660. The molecule has 0 spiro atoms. The third-order valence-corrected chi connectivity index (χ3v) is 6.36. The largest absolute Gasteiger partial charge is 0.433 e. The molecule has 0 aliphatic rings. The van der Waals surface area contributed by atoms with Crippen LogP contribution in [0.3, 0.4) is 0 Å². The highest BCUT2D eigenvalue weighted by Gasteiger charge is 2.35. The molecule has 194 valence electrons. The van der Waals surface area contributed by atoms with Gasteiger partial charge in [0, 0.05) is 28.4 Å². The number of alkyl halides is 3. The Morgan fingerprint density at radius 1 is 1.05 bits per heavy atom. The fraction of sp³-hybridized carbons (Fsp3) is 0.0833. The first kappa shape index (κ1) is 25.8. The molecule has 3 heterocycles. The summed E-state index contributed by atoms with van der Waals surface area (Å²) in [4.78, 5) is 17.0. The summed E-state index contributed by atoms with van der Waals surface area (Å²) in [7, 11) is 0. The number of hydrogen-bond donors (Lipinski definition) is 1. The summed E-state index contributed by atoms with van der Waals surface area (Å²) >= 11 is 9.30. The topological polar surface area (TPSA) is 77.1 Å². The van der Waals surface area contributed by atoms with Crippen LogP contribution in [0.5, 0.6) is 0 Å². The van der Waals surface area contributed by atoms with Crippen LogP contribution in [0.25, 0.3) is 16.9 Å². The van der Waals surface area contributed by atoms with Crippen molar-refractivity contribution in [1.29, 1.82) is 0 Å². The van der Waals surface area contributed by atoms with Gasteiger partial charge in [-0.05, 0) is 58.4 Å². The molecule has 5 aromatic rings. The molecule has 0 bridgehead atoms. The average molecular weight is 612 g/mol. The summed E-state index contributed by atoms with van der Waals surface area (Å²) in [6.45, 7) is -0.0423. The van der Waals surface area contributed by atoms with Gasteiger partial charge in [0.2, 0.25) is 0 Å². The molecule has 3 aromatic heterocycles. The van der Waals surface area contributed by atoms with E-state index in [0.717, 1.165) is 24.3 Å². The van der Waals surface area contributed by atoms with Crippen molar-refractivity contribution >= 4 is 44.9 Å². The van der Waals surface area contributed by atoms with Crippen LogP contribution in [-0.4, -0.2) is 30.3 Å². The fourth-order valence-electron chi connectivity index (χ4n) is 3.64. The van der Waals surface area contributed by atoms with Gasteiger partial charge in [0.1, 0.15) is 11.6 Å². The second-order valence-corrected chi connectivity index (χ2v) is 9.27. The van der Waals surface area contributed by atoms with Crippen molar-refractivity contribution in [1.82, 2.24) is 24.4 Å². The Kier molecular flexibility index (Phi) is 6.65. The molecule has 0 atom stereocenters. The smallest absolute Gasteiger partial charge is 0.303 e. The van der Waals surface area contributed by atoms with E-state index in [1.807, 2.05) is 0 Å². The number of carbonyl (C=O) groups is 1. The van der Waals surface area contributed by atoms with Crippen LogP contribution < -0.4 is 5.32 Å². The highest BCUT2D eigenvalue weighted by molar-refractivity contribution is 9.10. The normalized spacial score (nSPS) is 11.8. The van der Waals surface area contributed by atoms with Gasteiger partial charge >= 0.3 is 6.18 Å². The third-order valence-electron chi connectivity index (χ3n) is 5.42. The number of hydrogen-bond acceptors (Lipinski definition) is 4. The Balaban J connectivity index is 1.46. The first-order chi connectivity index (χ1) is 18.0. The van der Waals surface area contributed by atoms with Crippen molar-refractivity contribution in [3.05, 3.63) is 98.9 Å². The van der Waals surface area contributed by atoms with Gasteiger partial charge in [0.25, 0.3) is 5.91 Å². The lowest BCUT2D eigenvalue weighted by atomic mass is 10.1. The van der Waals surface area contributed by atoms with Gasteiger partial charge in [0.15, 0.2) is 22.9 Å². The number of nitrogens with zero attached hydrogens (tertiary/aromatic N) is 5. The summed E-state index contributed by atoms with van der Waals surface area (Å²) in [5.41, 5.74) is -1.43. The van der Waals surface area contributed by atoms with Crippen LogP contribution in [0.4, 0.5) is 27.8 Å². The Morgan fingerprint density at radius 3 is 2.47 bits per heavy atom. The monoisotopic (exact) mass is 610 g/mol. The van der Waals surface area contributed by atoms with Crippen LogP contribution in [0.2, 0.25) is 5.02 Å². The van der Waals surface area contributed by atoms with Crippen LogP contribution in [0.15, 0.2) is 65.3 Å². The van der Waals surface area contributed by atoms with Crippen molar-refractivity contribution in [3.63, 3.8) is 0 Å². The van der Waals surface area contributed by atoms with Crippen LogP contribution in [-0.2, 0) is 12.7 Å². The maximum Gasteiger partial charge on any atom is 0.433 e. The maximum atomic E-state index is 14.1. The summed E-state index contributed by atoms with van der Waals surface area (Å²) in [6.07, 6.45) is -3.36. The van der Waals surface area contributed by atoms with Crippen LogP contribution >= 0.6 is 27.5 Å². The van der Waals surface area contributed by atoms with E-state index in [-0.39, 0.29) is 45.5 Å². The molecule has 0 radical (unpaired) electrons. The average Bonchev–Trinajstić information content (AvgIpc) is 3.44. The zero-order valence-electron chi connectivity index (χ0n) is 18.8. The SMILES string of the molecule is O=C(Nc1nn(Cc2c(F)cccc2Cl)cc1Br)c1cc2nc(-c3ccc(F)cc3)cc(C(F)(F)F)n2n1. The molecule has 0 unspecified atom stereocenters. The lowest BCUT2D eigenvalue weighted by Gasteiger charge is -2.11. The Labute approximate surface area is 224 Å². The zero-order valence-corrected chi connectivity index (χ0v) is 21.1. The van der Waals surface area contributed by atoms with E-state index in [4.69, 9.17) is 11.6 Å². The molecule has 0 aliphatic heterocycles. The molecule has 7 nitrogen and oxygen atoms in total. The number of nitrogens with one attached hydrogen (secondary N) is 1. The van der Waals surface area contributed by atoms with E-state index < -0.39 is 29.4 Å². The lowest BCUT2D eigenvalue weighted by molar-refractivity contribution is -0.142. The predicted molar refractivity (Wildman–Crippen MR) is 132 cm³/mol. The zero-order chi connectivity index (χ0) is 27.2. The Hall–Kier alpha value is -3.84. The van der Waals surface area contributed by atoms with Crippen LogP contribution in [0, 0.1) is 11.6 Å². The van der Waals surface area contributed by atoms with Gasteiger partial charge in [0.05, 0.1) is 16.7 Å². The number of anilines is 1. The summed E-state index contributed by atoms with van der Waals surface area (Å²) in [6, 6.07) is 10.9. The molecule has 0 saturated carbocycles. The molecular weight excluding hydrogens is 599 g/mol. The second kappa shape index (κ2) is 9.80. The first-order valence-electron chi connectivity index (χ1n) is 10.7. The van der Waals surface area contributed by atoms with Crippen molar-refractivity contribution in [3.8, 4) is 11.3 Å². The van der Waals surface area contributed by atoms with Gasteiger partial charge in [-0.1, -0.05) is 17.7 Å². The number of carbonyl (C=O) groups excluding carboxylic acids is 1. The molecule has 0 aliphatic carbocycles. The molecule has 2 aromatic carbocycles. The molecular formula is C24H13BrClF5N6O. The number of aromatic nitrogens is 5. The van der Waals surface area contributed by atoms with Crippen LogP contribution in [0.1, 0.15) is 21.7 Å². The number of rotatable bonds is 5. The number of benzene rings is 2. The quantitative estimate of drug-likeness (QED) is 0.227. The highest BCUT2D eigenvalue weighted by Crippen LogP contribution is 2.32. The molecule has 1 N–H and O–H groups in total. The lowest BCUT2D eigenvalue weighted by Crippen LogP contribution is -2.16. The molecule has 0 saturated heterocycles. The second-order valence-electron chi connectivity index (χ2n) is 8.01. The number of halogens is 7. The van der Waals surface area contributed by atoms with Gasteiger partial charge < -0.3 is 5.32 Å². The minimum absolute atomic E-state index is 0.0236. The maximum absolute atomic E-state index is 14.1. The number of fused-ring (bicyclic) bond motifs is 1. The number of amides is 1. The molecule has 5 rings (SSSR count). The van der Waals surface area contributed by atoms with E-state index >= 15 is 0 Å². The summed E-state index contributed by atoms with van der Waals surface area (Å²) < 4.78 is 71.0. The van der Waals surface area contributed by atoms with E-state index in [1.165, 1.54) is 41.2 Å². The van der Waals surface area contributed by atoms with Crippen molar-refractivity contribution in [2.24, 2.45) is 0 Å². The summed E-state index contributed by atoms with van der Waals surface area (Å²) in [5.74, 6) is -1.93. The van der Waals surface area contributed by atoms with Crippen molar-refractivity contribution < 1.29 is 26.7 Å². The first-order valence-corrected chi connectivity index (χ1v) is 11.9. The summed E-state index contributed by atoms with van der Waals surface area (Å²) in [5, 5.41) is 10.6. The standard InChI is InChI=1S/C24H13BrClF5N6O/c25-15-11-36(10-14-16(26)2-1-3-17(14)28)35-22(15)33-23(38)19-9-21-32-18(12-4-6-13(27)7-5-12)8-20(24(29,30)31)37(21)34-19/h1-9,11H,10H2,(H,33,35,38). The molecule has 14 heteroatoms. The molecule has 1 amide bonds. The highest BCUT2D eigenvalue weighted by atomic mass is 79.9. The van der Waals surface area contributed by atoms with Gasteiger partial charge in [-0.3, -0.25) is 9.48 Å². The van der Waals surface area contributed by atoms with E-state index in [1.54, 1.807) is 0 Å². The van der Waals surface area contributed by atoms with Crippen molar-refractivity contribution in [2.75, 3.05) is 5.32 Å². The minimum atomic E-state index is -4.83. The third kappa shape index (κ3) is 5.11. The fourth-order valence-corrected chi connectivity index (χ4v) is 4.27. The van der Waals surface area contributed by atoms with Gasteiger partial charge in [-0.2, -0.15) is 23.4 Å². The Morgan fingerprint density at radius 2 is 1.79 bits per heavy atom. The molecule has 0 fully saturated rings. The van der Waals surface area contributed by atoms with E-state index in [0.29, 0.717) is 8.99 Å². The van der Waals surface area contributed by atoms with Crippen molar-refractivity contribution in [2.45, 2.75) is 12.7 Å². The van der Waals surface area contributed by atoms with E-state index in [2.05, 4.69) is 36.4 Å². The minimum Gasteiger partial charge on any atom is -0.303 e. The van der Waals surface area contributed by atoms with Gasteiger partial charge in [-0.25, -0.2) is 18.3 Å². The molecule has 38 heavy (non-hydrogen) atoms. The van der Waals surface area contributed by atoms with Gasteiger partial charge in [-0.15, -0.1) is 0 Å².